The molecule has 0 radical (unpaired) electrons. The van der Waals surface area contributed by atoms with E-state index in [1.807, 2.05) is 11.4 Å². The molecule has 0 bridgehead atoms. The Morgan fingerprint density at radius 3 is 2.67 bits per heavy atom. The molecule has 0 saturated carbocycles. The number of rotatable bonds is 5. The Morgan fingerprint density at radius 1 is 1.33 bits per heavy atom. The molecule has 0 aliphatic rings. The van der Waals surface area contributed by atoms with Crippen molar-refractivity contribution in [3.05, 3.63) is 62.3 Å². The average Bonchev–Trinajstić information content (AvgIpc) is 2.98. The van der Waals surface area contributed by atoms with Crippen LogP contribution in [0.25, 0.3) is 6.08 Å². The smallest absolute Gasteiger partial charge is 0.293 e. The van der Waals surface area contributed by atoms with Crippen molar-refractivity contribution in [2.45, 2.75) is 0 Å². The van der Waals surface area contributed by atoms with Gasteiger partial charge in [-0.15, -0.1) is 11.3 Å². The number of nitrogens with zero attached hydrogens (tertiary/aromatic N) is 2. The highest BCUT2D eigenvalue weighted by Crippen LogP contribution is 2.28. The maximum atomic E-state index is 11.9. The van der Waals surface area contributed by atoms with Gasteiger partial charge in [0.1, 0.15) is 5.69 Å². The standard InChI is InChI=1S/C15H14N2O3S/c1-16(2)12-7-5-11(10-13(12)17(19)20)6-8-14(18)15-4-3-9-21-15/h3-10H,1-2H3/b8-6+. The molecule has 2 rings (SSSR count). The maximum Gasteiger partial charge on any atom is 0.293 e. The van der Waals surface area contributed by atoms with Crippen molar-refractivity contribution in [1.29, 1.82) is 0 Å². The number of nitro groups is 1. The van der Waals surface area contributed by atoms with Gasteiger partial charge in [0.25, 0.3) is 5.69 Å². The van der Waals surface area contributed by atoms with E-state index in [9.17, 15) is 14.9 Å². The van der Waals surface area contributed by atoms with Crippen LogP contribution in [0.5, 0.6) is 0 Å². The third-order valence-corrected chi connectivity index (χ3v) is 3.75. The lowest BCUT2D eigenvalue weighted by molar-refractivity contribution is -0.384. The normalized spacial score (nSPS) is 10.8. The van der Waals surface area contributed by atoms with E-state index in [4.69, 9.17) is 0 Å². The Morgan fingerprint density at radius 2 is 2.10 bits per heavy atom. The largest absolute Gasteiger partial charge is 0.372 e. The van der Waals surface area contributed by atoms with Crippen LogP contribution in [0.2, 0.25) is 0 Å². The van der Waals surface area contributed by atoms with Crippen molar-refractivity contribution >= 4 is 34.6 Å². The highest BCUT2D eigenvalue weighted by atomic mass is 32.1. The number of anilines is 1. The summed E-state index contributed by atoms with van der Waals surface area (Å²) in [6.07, 6.45) is 3.02. The predicted molar refractivity (Wildman–Crippen MR) is 85.1 cm³/mol. The molecule has 0 unspecified atom stereocenters. The Balaban J connectivity index is 2.27. The zero-order valence-corrected chi connectivity index (χ0v) is 12.5. The van der Waals surface area contributed by atoms with Gasteiger partial charge in [0.2, 0.25) is 0 Å². The summed E-state index contributed by atoms with van der Waals surface area (Å²) in [6.45, 7) is 0. The summed E-state index contributed by atoms with van der Waals surface area (Å²) >= 11 is 1.36. The molecule has 6 heteroatoms. The number of benzene rings is 1. The van der Waals surface area contributed by atoms with Crippen LogP contribution in [-0.4, -0.2) is 24.8 Å². The summed E-state index contributed by atoms with van der Waals surface area (Å²) in [4.78, 5) is 24.9. The predicted octanol–water partition coefficient (Wildman–Crippen LogP) is 3.62. The first kappa shape index (κ1) is 14.9. The Bertz CT molecular complexity index is 691. The summed E-state index contributed by atoms with van der Waals surface area (Å²) in [5.41, 5.74) is 1.17. The molecule has 0 aliphatic heterocycles. The van der Waals surface area contributed by atoms with E-state index in [0.29, 0.717) is 16.1 Å². The minimum atomic E-state index is -0.423. The number of nitro benzene ring substituents is 1. The van der Waals surface area contributed by atoms with Gasteiger partial charge < -0.3 is 4.90 Å². The first-order valence-electron chi connectivity index (χ1n) is 6.20. The molecule has 1 aromatic heterocycles. The molecule has 0 N–H and O–H groups in total. The van der Waals surface area contributed by atoms with E-state index in [2.05, 4.69) is 0 Å². The summed E-state index contributed by atoms with van der Waals surface area (Å²) in [5.74, 6) is -0.107. The third kappa shape index (κ3) is 3.55. The molecule has 5 nitrogen and oxygen atoms in total. The van der Waals surface area contributed by atoms with E-state index >= 15 is 0 Å². The fourth-order valence-corrected chi connectivity index (χ4v) is 2.49. The van der Waals surface area contributed by atoms with Gasteiger partial charge in [-0.05, 0) is 29.2 Å². The van der Waals surface area contributed by atoms with Gasteiger partial charge in [-0.1, -0.05) is 18.2 Å². The first-order chi connectivity index (χ1) is 9.99. The summed E-state index contributed by atoms with van der Waals surface area (Å²) in [6, 6.07) is 8.44. The molecule has 0 spiro atoms. The molecule has 0 fully saturated rings. The van der Waals surface area contributed by atoms with Crippen LogP contribution in [0.1, 0.15) is 15.2 Å². The molecular formula is C15H14N2O3S. The lowest BCUT2D eigenvalue weighted by Crippen LogP contribution is -2.10. The number of carbonyl (C=O) groups is 1. The molecule has 1 aromatic carbocycles. The van der Waals surface area contributed by atoms with Crippen molar-refractivity contribution in [2.24, 2.45) is 0 Å². The van der Waals surface area contributed by atoms with Gasteiger partial charge in [-0.3, -0.25) is 14.9 Å². The molecule has 108 valence electrons. The van der Waals surface area contributed by atoms with Crippen molar-refractivity contribution in [2.75, 3.05) is 19.0 Å². The van der Waals surface area contributed by atoms with Crippen LogP contribution < -0.4 is 4.90 Å². The van der Waals surface area contributed by atoms with Crippen molar-refractivity contribution < 1.29 is 9.72 Å². The Kier molecular flexibility index (Phi) is 4.49. The molecule has 0 atom stereocenters. The van der Waals surface area contributed by atoms with E-state index in [1.54, 1.807) is 43.3 Å². The fourth-order valence-electron chi connectivity index (χ4n) is 1.84. The van der Waals surface area contributed by atoms with E-state index in [1.165, 1.54) is 23.5 Å². The zero-order chi connectivity index (χ0) is 15.4. The monoisotopic (exact) mass is 302 g/mol. The number of hydrogen-bond acceptors (Lipinski definition) is 5. The average molecular weight is 302 g/mol. The highest BCUT2D eigenvalue weighted by Gasteiger charge is 2.15. The first-order valence-corrected chi connectivity index (χ1v) is 7.08. The highest BCUT2D eigenvalue weighted by molar-refractivity contribution is 7.12. The molecule has 2 aromatic rings. The van der Waals surface area contributed by atoms with Crippen LogP contribution >= 0.6 is 11.3 Å². The van der Waals surface area contributed by atoms with Crippen LogP contribution in [0.15, 0.2) is 41.8 Å². The quantitative estimate of drug-likeness (QED) is 0.366. The molecule has 0 aliphatic carbocycles. The van der Waals surface area contributed by atoms with Crippen LogP contribution in [-0.2, 0) is 0 Å². The van der Waals surface area contributed by atoms with Crippen molar-refractivity contribution in [3.8, 4) is 0 Å². The zero-order valence-electron chi connectivity index (χ0n) is 11.6. The SMILES string of the molecule is CN(C)c1ccc(/C=C/C(=O)c2cccs2)cc1[N+](=O)[O-]. The van der Waals surface area contributed by atoms with E-state index in [-0.39, 0.29) is 11.5 Å². The number of ketones is 1. The molecule has 0 amide bonds. The van der Waals surface area contributed by atoms with Crippen LogP contribution in [0.4, 0.5) is 11.4 Å². The number of carbonyl (C=O) groups excluding carboxylic acids is 1. The number of thiophene rings is 1. The van der Waals surface area contributed by atoms with Crippen LogP contribution in [0, 0.1) is 10.1 Å². The Labute approximate surface area is 126 Å². The van der Waals surface area contributed by atoms with Gasteiger partial charge in [0.15, 0.2) is 5.78 Å². The summed E-state index contributed by atoms with van der Waals surface area (Å²) in [5, 5.41) is 12.9. The van der Waals surface area contributed by atoms with Crippen LogP contribution in [0.3, 0.4) is 0 Å². The van der Waals surface area contributed by atoms with Crippen molar-refractivity contribution in [3.63, 3.8) is 0 Å². The van der Waals surface area contributed by atoms with E-state index < -0.39 is 4.92 Å². The summed E-state index contributed by atoms with van der Waals surface area (Å²) < 4.78 is 0. The number of allylic oxidation sites excluding steroid dienone is 1. The second kappa shape index (κ2) is 6.32. The molecular weight excluding hydrogens is 288 g/mol. The van der Waals surface area contributed by atoms with Gasteiger partial charge in [0, 0.05) is 20.2 Å². The van der Waals surface area contributed by atoms with Crippen molar-refractivity contribution in [1.82, 2.24) is 0 Å². The molecule has 21 heavy (non-hydrogen) atoms. The fraction of sp³-hybridized carbons (Fsp3) is 0.133. The molecule has 0 saturated heterocycles. The molecule has 1 heterocycles. The summed E-state index contributed by atoms with van der Waals surface area (Å²) in [7, 11) is 3.50. The second-order valence-corrected chi connectivity index (χ2v) is 5.52. The van der Waals surface area contributed by atoms with Gasteiger partial charge in [0.05, 0.1) is 9.80 Å². The maximum absolute atomic E-state index is 11.9. The van der Waals surface area contributed by atoms with E-state index in [0.717, 1.165) is 0 Å². The minimum Gasteiger partial charge on any atom is -0.372 e. The van der Waals surface area contributed by atoms with Gasteiger partial charge >= 0.3 is 0 Å². The number of hydrogen-bond donors (Lipinski definition) is 0. The Hall–Kier alpha value is -2.47. The second-order valence-electron chi connectivity index (χ2n) is 4.57. The van der Waals surface area contributed by atoms with Gasteiger partial charge in [-0.2, -0.15) is 0 Å². The lowest BCUT2D eigenvalue weighted by Gasteiger charge is -2.12. The third-order valence-electron chi connectivity index (χ3n) is 2.87. The minimum absolute atomic E-state index is 0.0192. The van der Waals surface area contributed by atoms with Gasteiger partial charge in [-0.25, -0.2) is 0 Å². The lowest BCUT2D eigenvalue weighted by atomic mass is 10.1. The topological polar surface area (TPSA) is 63.5 Å².